The van der Waals surface area contributed by atoms with Crippen molar-refractivity contribution in [1.29, 1.82) is 0 Å². The van der Waals surface area contributed by atoms with Crippen molar-refractivity contribution in [2.24, 2.45) is 0 Å². The van der Waals surface area contributed by atoms with Crippen LogP contribution in [0.2, 0.25) is 0 Å². The summed E-state index contributed by atoms with van der Waals surface area (Å²) >= 11 is 0. The summed E-state index contributed by atoms with van der Waals surface area (Å²) in [6.07, 6.45) is 2.89. The van der Waals surface area contributed by atoms with E-state index in [0.29, 0.717) is 13.0 Å². The molecule has 0 saturated heterocycles. The number of anilines is 1. The van der Waals surface area contributed by atoms with Crippen LogP contribution in [0.4, 0.5) is 10.5 Å². The summed E-state index contributed by atoms with van der Waals surface area (Å²) in [6, 6.07) is 8.49. The summed E-state index contributed by atoms with van der Waals surface area (Å²) in [7, 11) is 0. The number of nitrogens with zero attached hydrogens (tertiary/aromatic N) is 1. The fourth-order valence-electron chi connectivity index (χ4n) is 1.90. The number of para-hydroxylation sites is 1. The van der Waals surface area contributed by atoms with Gasteiger partial charge in [-0.2, -0.15) is 0 Å². The summed E-state index contributed by atoms with van der Waals surface area (Å²) in [5.74, 6) is -0.228. The number of carbonyl (C=O) groups is 2. The molecule has 1 heterocycles. The third kappa shape index (κ3) is 2.68. The largest absolute Gasteiger partial charge is 0.465 e. The molecule has 1 unspecified atom stereocenters. The van der Waals surface area contributed by atoms with Crippen molar-refractivity contribution in [2.45, 2.75) is 12.5 Å². The minimum atomic E-state index is -1.18. The molecule has 0 radical (unpaired) electrons. The summed E-state index contributed by atoms with van der Waals surface area (Å²) in [5.41, 5.74) is 0.770. The lowest BCUT2D eigenvalue weighted by atomic mass is 10.2. The molecule has 1 aliphatic rings. The first-order valence-corrected chi connectivity index (χ1v) is 5.69. The maximum absolute atomic E-state index is 12.2. The quantitative estimate of drug-likeness (QED) is 0.779. The van der Waals surface area contributed by atoms with Gasteiger partial charge in [0, 0.05) is 12.2 Å². The second kappa shape index (κ2) is 5.35. The van der Waals surface area contributed by atoms with Crippen LogP contribution < -0.4 is 10.2 Å². The SMILES string of the molecule is O=C(O)NC1CC=CCN(c2ccccc2)C1=O. The average molecular weight is 246 g/mol. The lowest BCUT2D eigenvalue weighted by Gasteiger charge is -2.24. The van der Waals surface area contributed by atoms with Crippen LogP contribution in [-0.2, 0) is 4.79 Å². The van der Waals surface area contributed by atoms with Gasteiger partial charge in [-0.25, -0.2) is 4.79 Å². The van der Waals surface area contributed by atoms with E-state index < -0.39 is 12.1 Å². The van der Waals surface area contributed by atoms with Gasteiger partial charge in [-0.1, -0.05) is 30.4 Å². The minimum Gasteiger partial charge on any atom is -0.465 e. The van der Waals surface area contributed by atoms with Gasteiger partial charge in [0.2, 0.25) is 5.91 Å². The van der Waals surface area contributed by atoms with Crippen LogP contribution in [0.15, 0.2) is 42.5 Å². The van der Waals surface area contributed by atoms with Gasteiger partial charge < -0.3 is 15.3 Å². The van der Waals surface area contributed by atoms with Crippen molar-refractivity contribution in [3.63, 3.8) is 0 Å². The summed E-state index contributed by atoms with van der Waals surface area (Å²) in [6.45, 7) is 0.459. The van der Waals surface area contributed by atoms with E-state index in [1.54, 1.807) is 4.90 Å². The Morgan fingerprint density at radius 2 is 2.00 bits per heavy atom. The monoisotopic (exact) mass is 246 g/mol. The van der Waals surface area contributed by atoms with E-state index in [9.17, 15) is 9.59 Å². The zero-order chi connectivity index (χ0) is 13.0. The number of carbonyl (C=O) groups excluding carboxylic acids is 1. The molecule has 1 atom stereocenters. The zero-order valence-corrected chi connectivity index (χ0v) is 9.74. The van der Waals surface area contributed by atoms with Crippen LogP contribution in [0, 0.1) is 0 Å². The number of nitrogens with one attached hydrogen (secondary N) is 1. The van der Waals surface area contributed by atoms with Gasteiger partial charge in [0.15, 0.2) is 0 Å². The highest BCUT2D eigenvalue weighted by Crippen LogP contribution is 2.17. The standard InChI is InChI=1S/C13H14N2O3/c16-12-11(14-13(17)18)8-4-5-9-15(12)10-6-2-1-3-7-10/h1-7,11,14H,8-9H2,(H,17,18). The van der Waals surface area contributed by atoms with E-state index in [-0.39, 0.29) is 5.91 Å². The molecule has 0 saturated carbocycles. The summed E-state index contributed by atoms with van der Waals surface area (Å²) in [4.78, 5) is 24.5. The molecule has 0 fully saturated rings. The first kappa shape index (κ1) is 12.2. The van der Waals surface area contributed by atoms with Gasteiger partial charge >= 0.3 is 6.09 Å². The molecule has 1 aliphatic heterocycles. The van der Waals surface area contributed by atoms with Crippen LogP contribution in [0.5, 0.6) is 0 Å². The predicted octanol–water partition coefficient (Wildman–Crippen LogP) is 1.62. The molecule has 2 N–H and O–H groups in total. The normalized spacial score (nSPS) is 19.4. The lowest BCUT2D eigenvalue weighted by Crippen LogP contribution is -2.47. The van der Waals surface area contributed by atoms with Crippen LogP contribution in [0.3, 0.4) is 0 Å². The second-order valence-electron chi connectivity index (χ2n) is 3.99. The van der Waals surface area contributed by atoms with E-state index in [1.807, 2.05) is 42.5 Å². The van der Waals surface area contributed by atoms with Gasteiger partial charge in [0.25, 0.3) is 0 Å². The zero-order valence-electron chi connectivity index (χ0n) is 9.74. The molecule has 0 bridgehead atoms. The molecule has 2 amide bonds. The molecular weight excluding hydrogens is 232 g/mol. The summed E-state index contributed by atoms with van der Waals surface area (Å²) < 4.78 is 0. The Bertz CT molecular complexity index is 470. The van der Waals surface area contributed by atoms with Crippen molar-refractivity contribution in [2.75, 3.05) is 11.4 Å². The highest BCUT2D eigenvalue weighted by atomic mass is 16.4. The van der Waals surface area contributed by atoms with Gasteiger partial charge in [0.05, 0.1) is 0 Å². The lowest BCUT2D eigenvalue weighted by molar-refractivity contribution is -0.120. The van der Waals surface area contributed by atoms with Crippen molar-refractivity contribution >= 4 is 17.7 Å². The molecule has 5 nitrogen and oxygen atoms in total. The fraction of sp³-hybridized carbons (Fsp3) is 0.231. The van der Waals surface area contributed by atoms with Crippen molar-refractivity contribution in [1.82, 2.24) is 5.32 Å². The van der Waals surface area contributed by atoms with E-state index in [4.69, 9.17) is 5.11 Å². The molecule has 0 spiro atoms. The first-order valence-electron chi connectivity index (χ1n) is 5.69. The molecule has 94 valence electrons. The van der Waals surface area contributed by atoms with E-state index in [2.05, 4.69) is 5.32 Å². The highest BCUT2D eigenvalue weighted by Gasteiger charge is 2.26. The average Bonchev–Trinajstić information content (AvgIpc) is 2.53. The Morgan fingerprint density at radius 1 is 1.28 bits per heavy atom. The van der Waals surface area contributed by atoms with Crippen molar-refractivity contribution < 1.29 is 14.7 Å². The number of hydrogen-bond acceptors (Lipinski definition) is 2. The Hall–Kier alpha value is -2.30. The van der Waals surface area contributed by atoms with E-state index in [0.717, 1.165) is 5.69 Å². The number of hydrogen-bond donors (Lipinski definition) is 2. The van der Waals surface area contributed by atoms with Gasteiger partial charge in [-0.3, -0.25) is 4.79 Å². The Labute approximate surface area is 105 Å². The molecule has 5 heteroatoms. The van der Waals surface area contributed by atoms with Crippen LogP contribution in [0.1, 0.15) is 6.42 Å². The second-order valence-corrected chi connectivity index (χ2v) is 3.99. The molecule has 2 rings (SSSR count). The third-order valence-electron chi connectivity index (χ3n) is 2.76. The van der Waals surface area contributed by atoms with E-state index in [1.165, 1.54) is 0 Å². The van der Waals surface area contributed by atoms with Gasteiger partial charge in [-0.15, -0.1) is 0 Å². The molecule has 1 aromatic rings. The van der Waals surface area contributed by atoms with Crippen LogP contribution >= 0.6 is 0 Å². The summed E-state index contributed by atoms with van der Waals surface area (Å²) in [5, 5.41) is 11.0. The van der Waals surface area contributed by atoms with E-state index >= 15 is 0 Å². The topological polar surface area (TPSA) is 69.6 Å². The number of amides is 2. The Morgan fingerprint density at radius 3 is 2.67 bits per heavy atom. The Kier molecular flexibility index (Phi) is 3.62. The first-order chi connectivity index (χ1) is 8.68. The van der Waals surface area contributed by atoms with Crippen molar-refractivity contribution in [3.05, 3.63) is 42.5 Å². The maximum Gasteiger partial charge on any atom is 0.405 e. The van der Waals surface area contributed by atoms with Gasteiger partial charge in [0.1, 0.15) is 6.04 Å². The number of benzene rings is 1. The van der Waals surface area contributed by atoms with Crippen LogP contribution in [-0.4, -0.2) is 29.7 Å². The molecule has 0 aliphatic carbocycles. The maximum atomic E-state index is 12.2. The molecule has 18 heavy (non-hydrogen) atoms. The fourth-order valence-corrected chi connectivity index (χ4v) is 1.90. The highest BCUT2D eigenvalue weighted by molar-refractivity contribution is 5.99. The molecule has 1 aromatic carbocycles. The smallest absolute Gasteiger partial charge is 0.405 e. The van der Waals surface area contributed by atoms with Crippen LogP contribution in [0.25, 0.3) is 0 Å². The predicted molar refractivity (Wildman–Crippen MR) is 67.5 cm³/mol. The van der Waals surface area contributed by atoms with Gasteiger partial charge in [-0.05, 0) is 18.6 Å². The molecular formula is C13H14N2O3. The number of rotatable bonds is 2. The molecule has 0 aromatic heterocycles. The van der Waals surface area contributed by atoms with Crippen molar-refractivity contribution in [3.8, 4) is 0 Å². The number of carboxylic acid groups (broad SMARTS) is 1. The third-order valence-corrected chi connectivity index (χ3v) is 2.76. The Balaban J connectivity index is 2.22. The minimum absolute atomic E-state index is 0.228.